The summed E-state index contributed by atoms with van der Waals surface area (Å²) < 4.78 is 40.7. The fraction of sp³-hybridized carbons (Fsp3) is 0.0667. The average Bonchev–Trinajstić information content (AvgIpc) is 3.12. The molecule has 0 N–H and O–H groups in total. The Morgan fingerprint density at radius 3 is 2.39 bits per heavy atom. The van der Waals surface area contributed by atoms with Crippen LogP contribution in [-0.2, 0) is 6.18 Å². The molecule has 3 rings (SSSR count). The van der Waals surface area contributed by atoms with Crippen molar-refractivity contribution in [3.8, 4) is 23.1 Å². The van der Waals surface area contributed by atoms with Gasteiger partial charge in [-0.3, -0.25) is 4.57 Å². The maximum atomic E-state index is 13.0. The molecule has 0 aliphatic heterocycles. The second kappa shape index (κ2) is 5.72. The number of hydrogen-bond donors (Lipinski definition) is 0. The number of thiophene rings is 1. The molecule has 8 heteroatoms. The Morgan fingerprint density at radius 2 is 1.87 bits per heavy atom. The van der Waals surface area contributed by atoms with Crippen LogP contribution in [0.2, 0.25) is 4.34 Å². The number of alkyl halides is 3. The van der Waals surface area contributed by atoms with Crippen molar-refractivity contribution < 1.29 is 13.2 Å². The SMILES string of the molecule is N#Cc1ccc(-n2cc(C(F)(F)F)nc2-c2ccsc2Cl)cc1. The molecule has 0 radical (unpaired) electrons. The van der Waals surface area contributed by atoms with Crippen molar-refractivity contribution in [2.24, 2.45) is 0 Å². The lowest BCUT2D eigenvalue weighted by atomic mass is 10.2. The number of aromatic nitrogens is 2. The van der Waals surface area contributed by atoms with E-state index in [1.54, 1.807) is 23.6 Å². The van der Waals surface area contributed by atoms with Crippen LogP contribution in [0.5, 0.6) is 0 Å². The van der Waals surface area contributed by atoms with E-state index in [0.717, 1.165) is 6.20 Å². The van der Waals surface area contributed by atoms with Gasteiger partial charge in [-0.1, -0.05) is 11.6 Å². The zero-order chi connectivity index (χ0) is 16.6. The summed E-state index contributed by atoms with van der Waals surface area (Å²) in [5, 5.41) is 10.5. The van der Waals surface area contributed by atoms with Crippen molar-refractivity contribution in [3.05, 3.63) is 57.5 Å². The predicted molar refractivity (Wildman–Crippen MR) is 81.6 cm³/mol. The lowest BCUT2D eigenvalue weighted by molar-refractivity contribution is -0.140. The number of benzene rings is 1. The van der Waals surface area contributed by atoms with Crippen molar-refractivity contribution in [1.29, 1.82) is 5.26 Å². The minimum absolute atomic E-state index is 0.105. The number of imidazole rings is 1. The highest BCUT2D eigenvalue weighted by Gasteiger charge is 2.35. The number of halogens is 4. The van der Waals surface area contributed by atoms with E-state index < -0.39 is 11.9 Å². The minimum atomic E-state index is -4.56. The molecule has 23 heavy (non-hydrogen) atoms. The summed E-state index contributed by atoms with van der Waals surface area (Å²) in [6, 6.07) is 9.76. The van der Waals surface area contributed by atoms with Crippen molar-refractivity contribution >= 4 is 22.9 Å². The van der Waals surface area contributed by atoms with Gasteiger partial charge in [-0.05, 0) is 35.7 Å². The molecular weight excluding hydrogens is 347 g/mol. The third kappa shape index (κ3) is 2.96. The molecule has 2 heterocycles. The Morgan fingerprint density at radius 1 is 1.17 bits per heavy atom. The molecule has 0 fully saturated rings. The zero-order valence-corrected chi connectivity index (χ0v) is 12.9. The highest BCUT2D eigenvalue weighted by molar-refractivity contribution is 7.15. The second-order valence-electron chi connectivity index (χ2n) is 4.58. The van der Waals surface area contributed by atoms with Crippen LogP contribution < -0.4 is 0 Å². The average molecular weight is 354 g/mol. The van der Waals surface area contributed by atoms with Gasteiger partial charge in [0.1, 0.15) is 10.2 Å². The minimum Gasteiger partial charge on any atom is -0.299 e. The molecule has 0 saturated heterocycles. The quantitative estimate of drug-likeness (QED) is 0.639. The first-order valence-electron chi connectivity index (χ1n) is 6.30. The molecule has 1 aromatic carbocycles. The monoisotopic (exact) mass is 353 g/mol. The molecule has 0 saturated carbocycles. The molecule has 0 spiro atoms. The maximum Gasteiger partial charge on any atom is 0.434 e. The number of rotatable bonds is 2. The van der Waals surface area contributed by atoms with Crippen molar-refractivity contribution in [3.63, 3.8) is 0 Å². The van der Waals surface area contributed by atoms with Crippen LogP contribution in [0.15, 0.2) is 41.9 Å². The summed E-state index contributed by atoms with van der Waals surface area (Å²) in [5.41, 5.74) is 0.306. The summed E-state index contributed by atoms with van der Waals surface area (Å²) in [6.07, 6.45) is -3.64. The van der Waals surface area contributed by atoms with E-state index in [1.807, 2.05) is 6.07 Å². The molecule has 116 valence electrons. The Kier molecular flexibility index (Phi) is 3.88. The standard InChI is InChI=1S/C15H7ClF3N3S/c16-13-11(5-6-23-13)14-21-12(15(17,18)19)8-22(14)10-3-1-9(7-20)2-4-10/h1-6,8H. The normalized spacial score (nSPS) is 11.4. The van der Waals surface area contributed by atoms with E-state index in [-0.39, 0.29) is 5.82 Å². The molecular formula is C15H7ClF3N3S. The summed E-state index contributed by atoms with van der Waals surface area (Å²) in [7, 11) is 0. The van der Waals surface area contributed by atoms with Gasteiger partial charge in [-0.2, -0.15) is 18.4 Å². The maximum absolute atomic E-state index is 13.0. The van der Waals surface area contributed by atoms with Gasteiger partial charge in [-0.25, -0.2) is 4.98 Å². The topological polar surface area (TPSA) is 41.6 Å². The Bertz CT molecular complexity index is 888. The van der Waals surface area contributed by atoms with Gasteiger partial charge in [0.2, 0.25) is 0 Å². The first kappa shape index (κ1) is 15.6. The Hall–Kier alpha value is -2.30. The fourth-order valence-electron chi connectivity index (χ4n) is 2.05. The second-order valence-corrected chi connectivity index (χ2v) is 6.10. The number of hydrogen-bond acceptors (Lipinski definition) is 3. The summed E-state index contributed by atoms with van der Waals surface area (Å²) in [4.78, 5) is 3.70. The number of nitrogens with zero attached hydrogens (tertiary/aromatic N) is 3. The van der Waals surface area contributed by atoms with E-state index in [0.29, 0.717) is 21.2 Å². The number of nitriles is 1. The van der Waals surface area contributed by atoms with Gasteiger partial charge >= 0.3 is 6.18 Å². The summed E-state index contributed by atoms with van der Waals surface area (Å²) >= 11 is 7.26. The fourth-order valence-corrected chi connectivity index (χ4v) is 2.97. The van der Waals surface area contributed by atoms with Gasteiger partial charge in [0.15, 0.2) is 5.69 Å². The van der Waals surface area contributed by atoms with Crippen molar-refractivity contribution in [1.82, 2.24) is 9.55 Å². The van der Waals surface area contributed by atoms with E-state index in [4.69, 9.17) is 16.9 Å². The van der Waals surface area contributed by atoms with Crippen molar-refractivity contribution in [2.45, 2.75) is 6.18 Å². The van der Waals surface area contributed by atoms with Crippen molar-refractivity contribution in [2.75, 3.05) is 0 Å². The van der Waals surface area contributed by atoms with Gasteiger partial charge in [0.25, 0.3) is 0 Å². The van der Waals surface area contributed by atoms with E-state index in [9.17, 15) is 13.2 Å². The van der Waals surface area contributed by atoms with E-state index in [2.05, 4.69) is 4.98 Å². The zero-order valence-electron chi connectivity index (χ0n) is 11.3. The largest absolute Gasteiger partial charge is 0.434 e. The smallest absolute Gasteiger partial charge is 0.299 e. The first-order chi connectivity index (χ1) is 10.9. The van der Waals surface area contributed by atoms with Crippen LogP contribution in [0.25, 0.3) is 17.1 Å². The van der Waals surface area contributed by atoms with Crippen LogP contribution in [0.4, 0.5) is 13.2 Å². The van der Waals surface area contributed by atoms with Crippen LogP contribution >= 0.6 is 22.9 Å². The highest BCUT2D eigenvalue weighted by Crippen LogP contribution is 2.36. The molecule has 0 bridgehead atoms. The summed E-state index contributed by atoms with van der Waals surface area (Å²) in [6.45, 7) is 0. The lowest BCUT2D eigenvalue weighted by Gasteiger charge is -2.07. The molecule has 0 aliphatic rings. The molecule has 0 atom stereocenters. The molecule has 2 aromatic heterocycles. The molecule has 3 nitrogen and oxygen atoms in total. The van der Waals surface area contributed by atoms with Gasteiger partial charge in [0.05, 0.1) is 11.6 Å². The van der Waals surface area contributed by atoms with E-state index in [1.165, 1.54) is 28.0 Å². The first-order valence-corrected chi connectivity index (χ1v) is 7.56. The van der Waals surface area contributed by atoms with Crippen LogP contribution in [0, 0.1) is 11.3 Å². The van der Waals surface area contributed by atoms with Gasteiger partial charge < -0.3 is 0 Å². The molecule has 0 aliphatic carbocycles. The Labute approximate surface area is 138 Å². The third-order valence-corrected chi connectivity index (χ3v) is 4.30. The van der Waals surface area contributed by atoms with E-state index >= 15 is 0 Å². The van der Waals surface area contributed by atoms with Crippen LogP contribution in [0.1, 0.15) is 11.3 Å². The third-order valence-electron chi connectivity index (χ3n) is 3.13. The summed E-state index contributed by atoms with van der Waals surface area (Å²) in [5.74, 6) is 0.105. The lowest BCUT2D eigenvalue weighted by Crippen LogP contribution is -2.04. The van der Waals surface area contributed by atoms with Gasteiger partial charge in [-0.15, -0.1) is 11.3 Å². The van der Waals surface area contributed by atoms with Crippen LogP contribution in [0.3, 0.4) is 0 Å². The van der Waals surface area contributed by atoms with Gasteiger partial charge in [0, 0.05) is 17.4 Å². The highest BCUT2D eigenvalue weighted by atomic mass is 35.5. The Balaban J connectivity index is 2.20. The predicted octanol–water partition coefficient (Wildman–Crippen LogP) is 5.14. The molecule has 3 aromatic rings. The van der Waals surface area contributed by atoms with Crippen LogP contribution in [-0.4, -0.2) is 9.55 Å². The molecule has 0 amide bonds. The molecule has 0 unspecified atom stereocenters.